The molecule has 2 atom stereocenters. The predicted molar refractivity (Wildman–Crippen MR) is 80.0 cm³/mol. The van der Waals surface area contributed by atoms with E-state index < -0.39 is 0 Å². The van der Waals surface area contributed by atoms with E-state index in [1.165, 1.54) is 0 Å². The van der Waals surface area contributed by atoms with E-state index in [4.69, 9.17) is 16.3 Å². The summed E-state index contributed by atoms with van der Waals surface area (Å²) in [6.07, 6.45) is 1.80. The third-order valence-electron chi connectivity index (χ3n) is 3.68. The molecule has 0 unspecified atom stereocenters. The van der Waals surface area contributed by atoms with Gasteiger partial charge in [-0.1, -0.05) is 17.7 Å². The van der Waals surface area contributed by atoms with E-state index in [1.807, 2.05) is 18.2 Å². The number of carbonyl (C=O) groups excluding carboxylic acids is 1. The normalized spacial score (nSPS) is 22.4. The molecule has 1 aliphatic rings. The molecule has 1 aromatic rings. The van der Waals surface area contributed by atoms with Crippen molar-refractivity contribution in [3.8, 4) is 5.75 Å². The Kier molecular flexibility index (Phi) is 5.26. The molecular formula is C15H21ClN2O2. The van der Waals surface area contributed by atoms with Gasteiger partial charge in [0.1, 0.15) is 5.75 Å². The highest BCUT2D eigenvalue weighted by molar-refractivity contribution is 6.32. The minimum absolute atomic E-state index is 0.111. The SMILES string of the molecule is COc1ccc(CNC(=O)[C@H]2CCN[C@@H](C)C2)cc1Cl. The first kappa shape index (κ1) is 15.1. The number of ether oxygens (including phenoxy) is 1. The number of nitrogens with one attached hydrogen (secondary N) is 2. The summed E-state index contributed by atoms with van der Waals surface area (Å²) < 4.78 is 5.11. The molecule has 1 aliphatic heterocycles. The summed E-state index contributed by atoms with van der Waals surface area (Å²) in [6, 6.07) is 5.97. The minimum Gasteiger partial charge on any atom is -0.495 e. The van der Waals surface area contributed by atoms with Crippen LogP contribution in [0.25, 0.3) is 0 Å². The number of amides is 1. The van der Waals surface area contributed by atoms with E-state index >= 15 is 0 Å². The van der Waals surface area contributed by atoms with Gasteiger partial charge < -0.3 is 15.4 Å². The van der Waals surface area contributed by atoms with Gasteiger partial charge in [-0.3, -0.25) is 4.79 Å². The van der Waals surface area contributed by atoms with E-state index in [-0.39, 0.29) is 11.8 Å². The summed E-state index contributed by atoms with van der Waals surface area (Å²) >= 11 is 6.07. The third-order valence-corrected chi connectivity index (χ3v) is 3.97. The number of methoxy groups -OCH3 is 1. The van der Waals surface area contributed by atoms with Gasteiger partial charge in [0.25, 0.3) is 0 Å². The third kappa shape index (κ3) is 3.87. The Balaban J connectivity index is 1.88. The highest BCUT2D eigenvalue weighted by Crippen LogP contribution is 2.25. The van der Waals surface area contributed by atoms with E-state index in [1.54, 1.807) is 7.11 Å². The van der Waals surface area contributed by atoms with Gasteiger partial charge in [-0.05, 0) is 44.0 Å². The van der Waals surface area contributed by atoms with Gasteiger partial charge in [-0.15, -0.1) is 0 Å². The summed E-state index contributed by atoms with van der Waals surface area (Å²) in [6.45, 7) is 3.52. The fraction of sp³-hybridized carbons (Fsp3) is 0.533. The first-order valence-corrected chi connectivity index (χ1v) is 7.31. The van der Waals surface area contributed by atoms with Crippen LogP contribution in [-0.2, 0) is 11.3 Å². The van der Waals surface area contributed by atoms with E-state index in [9.17, 15) is 4.79 Å². The number of piperidine rings is 1. The van der Waals surface area contributed by atoms with Crippen LogP contribution < -0.4 is 15.4 Å². The maximum atomic E-state index is 12.1. The number of benzene rings is 1. The zero-order chi connectivity index (χ0) is 14.5. The fourth-order valence-electron chi connectivity index (χ4n) is 2.52. The molecular weight excluding hydrogens is 276 g/mol. The standard InChI is InChI=1S/C15H21ClN2O2/c1-10-7-12(5-6-17-10)15(19)18-9-11-3-4-14(20-2)13(16)8-11/h3-4,8,10,12,17H,5-7,9H2,1-2H3,(H,18,19)/t10-,12-/m0/s1. The Morgan fingerprint density at radius 3 is 3.00 bits per heavy atom. The summed E-state index contributed by atoms with van der Waals surface area (Å²) in [5.41, 5.74) is 0.978. The van der Waals surface area contributed by atoms with Crippen molar-refractivity contribution in [3.05, 3.63) is 28.8 Å². The van der Waals surface area contributed by atoms with Crippen molar-refractivity contribution in [2.75, 3.05) is 13.7 Å². The van der Waals surface area contributed by atoms with Crippen LogP contribution >= 0.6 is 11.6 Å². The number of rotatable bonds is 4. The van der Waals surface area contributed by atoms with Gasteiger partial charge >= 0.3 is 0 Å². The van der Waals surface area contributed by atoms with Crippen LogP contribution in [0.4, 0.5) is 0 Å². The van der Waals surface area contributed by atoms with E-state index in [0.29, 0.717) is 23.4 Å². The van der Waals surface area contributed by atoms with Gasteiger partial charge in [0, 0.05) is 18.5 Å². The van der Waals surface area contributed by atoms with Gasteiger partial charge in [-0.25, -0.2) is 0 Å². The van der Waals surface area contributed by atoms with Crippen molar-refractivity contribution < 1.29 is 9.53 Å². The van der Waals surface area contributed by atoms with E-state index in [0.717, 1.165) is 24.9 Å². The smallest absolute Gasteiger partial charge is 0.223 e. The van der Waals surface area contributed by atoms with Crippen LogP contribution in [0, 0.1) is 5.92 Å². The number of hydrogen-bond donors (Lipinski definition) is 2. The van der Waals surface area contributed by atoms with Crippen molar-refractivity contribution >= 4 is 17.5 Å². The second-order valence-corrected chi connectivity index (χ2v) is 5.67. The summed E-state index contributed by atoms with van der Waals surface area (Å²) in [7, 11) is 1.58. The average Bonchev–Trinajstić information content (AvgIpc) is 2.45. The molecule has 1 fully saturated rings. The maximum Gasteiger partial charge on any atom is 0.223 e. The number of hydrogen-bond acceptors (Lipinski definition) is 3. The fourth-order valence-corrected chi connectivity index (χ4v) is 2.80. The molecule has 2 N–H and O–H groups in total. The summed E-state index contributed by atoms with van der Waals surface area (Å²) in [4.78, 5) is 12.1. The van der Waals surface area contributed by atoms with Crippen molar-refractivity contribution in [1.82, 2.24) is 10.6 Å². The number of carbonyl (C=O) groups is 1. The van der Waals surface area contributed by atoms with Crippen LogP contribution in [0.15, 0.2) is 18.2 Å². The highest BCUT2D eigenvalue weighted by atomic mass is 35.5. The van der Waals surface area contributed by atoms with E-state index in [2.05, 4.69) is 17.6 Å². The highest BCUT2D eigenvalue weighted by Gasteiger charge is 2.24. The lowest BCUT2D eigenvalue weighted by atomic mass is 9.92. The van der Waals surface area contributed by atoms with Crippen LogP contribution in [0.2, 0.25) is 5.02 Å². The Hall–Kier alpha value is -1.26. The maximum absolute atomic E-state index is 12.1. The lowest BCUT2D eigenvalue weighted by molar-refractivity contribution is -0.126. The van der Waals surface area contributed by atoms with Gasteiger partial charge in [-0.2, -0.15) is 0 Å². The van der Waals surface area contributed by atoms with Gasteiger partial charge in [0.2, 0.25) is 5.91 Å². The molecule has 0 radical (unpaired) electrons. The van der Waals surface area contributed by atoms with Gasteiger partial charge in [0.15, 0.2) is 0 Å². The Morgan fingerprint density at radius 2 is 2.35 bits per heavy atom. The molecule has 2 rings (SSSR count). The van der Waals surface area contributed by atoms with Crippen LogP contribution in [-0.4, -0.2) is 25.6 Å². The molecule has 1 saturated heterocycles. The van der Waals surface area contributed by atoms with Crippen LogP contribution in [0.1, 0.15) is 25.3 Å². The molecule has 0 aliphatic carbocycles. The summed E-state index contributed by atoms with van der Waals surface area (Å²) in [5, 5.41) is 6.90. The lowest BCUT2D eigenvalue weighted by Crippen LogP contribution is -2.42. The minimum atomic E-state index is 0.111. The zero-order valence-electron chi connectivity index (χ0n) is 11.9. The lowest BCUT2D eigenvalue weighted by Gasteiger charge is -2.27. The zero-order valence-corrected chi connectivity index (χ0v) is 12.7. The molecule has 5 heteroatoms. The topological polar surface area (TPSA) is 50.4 Å². The Bertz CT molecular complexity index is 479. The molecule has 0 saturated carbocycles. The van der Waals surface area contributed by atoms with Crippen molar-refractivity contribution in [2.45, 2.75) is 32.4 Å². The molecule has 4 nitrogen and oxygen atoms in total. The Labute approximate surface area is 124 Å². The van der Waals surface area contributed by atoms with Crippen molar-refractivity contribution in [1.29, 1.82) is 0 Å². The molecule has 1 amide bonds. The first-order valence-electron chi connectivity index (χ1n) is 6.93. The predicted octanol–water partition coefficient (Wildman–Crippen LogP) is 2.35. The molecule has 1 heterocycles. The second kappa shape index (κ2) is 6.95. The molecule has 1 aromatic carbocycles. The van der Waals surface area contributed by atoms with Crippen LogP contribution in [0.5, 0.6) is 5.75 Å². The molecule has 0 spiro atoms. The first-order chi connectivity index (χ1) is 9.60. The van der Waals surface area contributed by atoms with Gasteiger partial charge in [0.05, 0.1) is 12.1 Å². The van der Waals surface area contributed by atoms with Crippen molar-refractivity contribution in [2.24, 2.45) is 5.92 Å². The number of halogens is 1. The quantitative estimate of drug-likeness (QED) is 0.897. The molecule has 0 aromatic heterocycles. The monoisotopic (exact) mass is 296 g/mol. The van der Waals surface area contributed by atoms with Crippen LogP contribution in [0.3, 0.4) is 0 Å². The summed E-state index contributed by atoms with van der Waals surface area (Å²) in [5.74, 6) is 0.888. The van der Waals surface area contributed by atoms with Crippen molar-refractivity contribution in [3.63, 3.8) is 0 Å². The molecule has 0 bridgehead atoms. The molecule has 20 heavy (non-hydrogen) atoms. The Morgan fingerprint density at radius 1 is 1.55 bits per heavy atom. The average molecular weight is 297 g/mol. The molecule has 110 valence electrons. The second-order valence-electron chi connectivity index (χ2n) is 5.26. The largest absolute Gasteiger partial charge is 0.495 e.